The molecule has 0 radical (unpaired) electrons. The van der Waals surface area contributed by atoms with Crippen LogP contribution in [0.4, 0.5) is 0 Å². The molecule has 4 nitrogen and oxygen atoms in total. The van der Waals surface area contributed by atoms with Crippen molar-refractivity contribution < 1.29 is 4.74 Å². The van der Waals surface area contributed by atoms with Gasteiger partial charge >= 0.3 is 0 Å². The van der Waals surface area contributed by atoms with E-state index in [0.29, 0.717) is 0 Å². The third-order valence-corrected chi connectivity index (χ3v) is 4.76. The third kappa shape index (κ3) is 4.76. The molecule has 0 aliphatic rings. The first-order chi connectivity index (χ1) is 9.81. The monoisotopic (exact) mass is 403 g/mol. The summed E-state index contributed by atoms with van der Waals surface area (Å²) in [5, 5.41) is 14.0. The van der Waals surface area contributed by atoms with Gasteiger partial charge in [-0.05, 0) is 41.6 Å². The number of hydrogen-bond donors (Lipinski definition) is 1. The van der Waals surface area contributed by atoms with Crippen LogP contribution in [-0.4, -0.2) is 37.0 Å². The fraction of sp³-hybridized carbons (Fsp3) is 0.429. The van der Waals surface area contributed by atoms with Crippen molar-refractivity contribution in [2.75, 3.05) is 26.8 Å². The molecule has 0 atom stereocenters. The van der Waals surface area contributed by atoms with Crippen LogP contribution in [0.1, 0.15) is 11.4 Å². The van der Waals surface area contributed by atoms with Gasteiger partial charge in [-0.3, -0.25) is 0 Å². The summed E-state index contributed by atoms with van der Waals surface area (Å²) in [6, 6.07) is 8.27. The first kappa shape index (κ1) is 15.8. The number of benzene rings is 1. The molecule has 0 unspecified atom stereocenters. The predicted molar refractivity (Wildman–Crippen MR) is 91.1 cm³/mol. The second-order valence-corrected chi connectivity index (χ2v) is 6.55. The van der Waals surface area contributed by atoms with Gasteiger partial charge in [0.1, 0.15) is 10.0 Å². The van der Waals surface area contributed by atoms with Crippen molar-refractivity contribution in [3.63, 3.8) is 0 Å². The molecule has 0 spiro atoms. The van der Waals surface area contributed by atoms with E-state index in [2.05, 4.69) is 50.2 Å². The smallest absolute Gasteiger partial charge is 0.148 e. The van der Waals surface area contributed by atoms with Crippen LogP contribution in [0.5, 0.6) is 0 Å². The van der Waals surface area contributed by atoms with Crippen LogP contribution in [0.2, 0.25) is 0 Å². The van der Waals surface area contributed by atoms with E-state index in [0.717, 1.165) is 42.6 Å². The molecular formula is C14H18IN3OS. The lowest BCUT2D eigenvalue weighted by Crippen LogP contribution is -2.20. The van der Waals surface area contributed by atoms with E-state index in [1.165, 1.54) is 9.13 Å². The molecule has 2 aromatic rings. The van der Waals surface area contributed by atoms with Gasteiger partial charge < -0.3 is 10.1 Å². The van der Waals surface area contributed by atoms with Gasteiger partial charge in [0.15, 0.2) is 0 Å². The van der Waals surface area contributed by atoms with E-state index in [1.807, 2.05) is 12.1 Å². The van der Waals surface area contributed by atoms with Gasteiger partial charge in [-0.1, -0.05) is 29.5 Å². The summed E-state index contributed by atoms with van der Waals surface area (Å²) in [6.07, 6.45) is 2.05. The molecule has 108 valence electrons. The summed E-state index contributed by atoms with van der Waals surface area (Å²) in [5.74, 6) is 0. The average Bonchev–Trinajstić information content (AvgIpc) is 2.92. The van der Waals surface area contributed by atoms with Crippen molar-refractivity contribution in [2.24, 2.45) is 0 Å². The zero-order valence-corrected chi connectivity index (χ0v) is 14.4. The Bertz CT molecular complexity index is 533. The number of hydrogen-bond acceptors (Lipinski definition) is 5. The van der Waals surface area contributed by atoms with E-state index in [1.54, 1.807) is 18.4 Å². The molecule has 1 heterocycles. The molecule has 0 fully saturated rings. The summed E-state index contributed by atoms with van der Waals surface area (Å²) in [4.78, 5) is 0. The van der Waals surface area contributed by atoms with Gasteiger partial charge in [0, 0.05) is 29.2 Å². The highest BCUT2D eigenvalue weighted by Crippen LogP contribution is 2.28. The Labute approximate surface area is 137 Å². The molecule has 0 amide bonds. The summed E-state index contributed by atoms with van der Waals surface area (Å²) in [7, 11) is 1.72. The van der Waals surface area contributed by atoms with Crippen molar-refractivity contribution in [2.45, 2.75) is 12.8 Å². The number of nitrogens with one attached hydrogen (secondary N) is 1. The van der Waals surface area contributed by atoms with Crippen LogP contribution in [0.25, 0.3) is 10.6 Å². The van der Waals surface area contributed by atoms with Gasteiger partial charge in [0.2, 0.25) is 0 Å². The van der Waals surface area contributed by atoms with Gasteiger partial charge in [-0.15, -0.1) is 10.2 Å². The van der Waals surface area contributed by atoms with Crippen LogP contribution in [0, 0.1) is 3.57 Å². The third-order valence-electron chi connectivity index (χ3n) is 2.80. The minimum Gasteiger partial charge on any atom is -0.383 e. The molecule has 0 bridgehead atoms. The first-order valence-corrected chi connectivity index (χ1v) is 8.47. The minimum atomic E-state index is 0.759. The number of methoxy groups -OCH3 is 1. The summed E-state index contributed by atoms with van der Waals surface area (Å²) >= 11 is 4.03. The Kier molecular flexibility index (Phi) is 6.85. The highest BCUT2D eigenvalue weighted by Gasteiger charge is 2.08. The average molecular weight is 403 g/mol. The fourth-order valence-corrected chi connectivity index (χ4v) is 3.51. The number of nitrogens with zero attached hydrogens (tertiary/aromatic N) is 2. The Morgan fingerprint density at radius 3 is 2.90 bits per heavy atom. The lowest BCUT2D eigenvalue weighted by molar-refractivity contribution is 0.199. The molecule has 0 saturated heterocycles. The van der Waals surface area contributed by atoms with Crippen molar-refractivity contribution in [1.82, 2.24) is 15.5 Å². The number of halogens is 1. The summed E-state index contributed by atoms with van der Waals surface area (Å²) < 4.78 is 6.20. The zero-order valence-electron chi connectivity index (χ0n) is 11.4. The SMILES string of the molecule is COCCNCCCc1nnc(-c2ccccc2I)s1. The lowest BCUT2D eigenvalue weighted by Gasteiger charge is -2.01. The second-order valence-electron chi connectivity index (χ2n) is 4.33. The number of ether oxygens (including phenoxy) is 1. The van der Waals surface area contributed by atoms with E-state index >= 15 is 0 Å². The van der Waals surface area contributed by atoms with E-state index in [4.69, 9.17) is 4.74 Å². The second kappa shape index (κ2) is 8.66. The van der Waals surface area contributed by atoms with Crippen molar-refractivity contribution in [1.29, 1.82) is 0 Å². The highest BCUT2D eigenvalue weighted by molar-refractivity contribution is 14.1. The van der Waals surface area contributed by atoms with Crippen LogP contribution < -0.4 is 5.32 Å². The maximum Gasteiger partial charge on any atom is 0.148 e. The van der Waals surface area contributed by atoms with Crippen LogP contribution in [-0.2, 0) is 11.2 Å². The molecule has 1 aromatic carbocycles. The molecule has 2 rings (SSSR count). The minimum absolute atomic E-state index is 0.759. The van der Waals surface area contributed by atoms with E-state index in [-0.39, 0.29) is 0 Å². The zero-order chi connectivity index (χ0) is 14.2. The molecule has 20 heavy (non-hydrogen) atoms. The van der Waals surface area contributed by atoms with Gasteiger partial charge in [0.05, 0.1) is 6.61 Å². The van der Waals surface area contributed by atoms with E-state index < -0.39 is 0 Å². The normalized spacial score (nSPS) is 10.9. The van der Waals surface area contributed by atoms with Crippen molar-refractivity contribution >= 4 is 33.9 Å². The highest BCUT2D eigenvalue weighted by atomic mass is 127. The molecule has 0 aliphatic heterocycles. The summed E-state index contributed by atoms with van der Waals surface area (Å²) in [5.41, 5.74) is 1.18. The van der Waals surface area contributed by atoms with Gasteiger partial charge in [0.25, 0.3) is 0 Å². The number of rotatable bonds is 8. The quantitative estimate of drug-likeness (QED) is 0.544. The van der Waals surface area contributed by atoms with Crippen LogP contribution in [0.3, 0.4) is 0 Å². The standard InChI is InChI=1S/C14H18IN3OS/c1-19-10-9-16-8-4-7-13-17-18-14(20-13)11-5-2-3-6-12(11)15/h2-3,5-6,16H,4,7-10H2,1H3. The molecule has 1 aromatic heterocycles. The number of aryl methyl sites for hydroxylation is 1. The Balaban J connectivity index is 1.82. The van der Waals surface area contributed by atoms with E-state index in [9.17, 15) is 0 Å². The lowest BCUT2D eigenvalue weighted by atomic mass is 10.2. The number of aromatic nitrogens is 2. The summed E-state index contributed by atoms with van der Waals surface area (Å²) in [6.45, 7) is 2.65. The van der Waals surface area contributed by atoms with Gasteiger partial charge in [-0.2, -0.15) is 0 Å². The Hall–Kier alpha value is -0.570. The van der Waals surface area contributed by atoms with Crippen LogP contribution in [0.15, 0.2) is 24.3 Å². The topological polar surface area (TPSA) is 47.0 Å². The molecule has 1 N–H and O–H groups in total. The van der Waals surface area contributed by atoms with Crippen molar-refractivity contribution in [3.8, 4) is 10.6 Å². The molecular weight excluding hydrogens is 385 g/mol. The first-order valence-electron chi connectivity index (χ1n) is 6.58. The predicted octanol–water partition coefficient (Wildman–Crippen LogP) is 2.98. The fourth-order valence-electron chi connectivity index (χ4n) is 1.76. The maximum atomic E-state index is 4.99. The molecule has 0 saturated carbocycles. The van der Waals surface area contributed by atoms with Gasteiger partial charge in [-0.25, -0.2) is 0 Å². The Morgan fingerprint density at radius 1 is 1.25 bits per heavy atom. The van der Waals surface area contributed by atoms with Crippen molar-refractivity contribution in [3.05, 3.63) is 32.8 Å². The largest absolute Gasteiger partial charge is 0.383 e. The molecule has 0 aliphatic carbocycles. The van der Waals surface area contributed by atoms with Crippen LogP contribution >= 0.6 is 33.9 Å². The Morgan fingerprint density at radius 2 is 2.10 bits per heavy atom. The molecule has 6 heteroatoms. The maximum absolute atomic E-state index is 4.99.